The number of nitrogens with one attached hydrogen (secondary N) is 1. The maximum atomic E-state index is 10.5. The van der Waals surface area contributed by atoms with Crippen molar-refractivity contribution in [1.82, 2.24) is 4.98 Å². The first-order chi connectivity index (χ1) is 10.6. The van der Waals surface area contributed by atoms with E-state index in [1.165, 1.54) is 12.1 Å². The fraction of sp³-hybridized carbons (Fsp3) is 0.143. The SMILES string of the molecule is COc1ccc(/C=N/Nc2ccc([N+](=O)[O-])cn2)c(OC)c1. The number of nitro groups is 1. The molecule has 0 saturated heterocycles. The summed E-state index contributed by atoms with van der Waals surface area (Å²) in [7, 11) is 3.13. The van der Waals surface area contributed by atoms with Gasteiger partial charge in [0.15, 0.2) is 0 Å². The van der Waals surface area contributed by atoms with Crippen LogP contribution in [0, 0.1) is 10.1 Å². The standard InChI is InChI=1S/C14H14N4O4/c1-21-12-5-3-10(13(7-12)22-2)8-16-17-14-6-4-11(9-15-14)18(19)20/h3-9H,1-2H3,(H,15,17)/b16-8+. The zero-order chi connectivity index (χ0) is 15.9. The van der Waals surface area contributed by atoms with E-state index in [1.807, 2.05) is 0 Å². The second kappa shape index (κ2) is 7.02. The quantitative estimate of drug-likeness (QED) is 0.500. The van der Waals surface area contributed by atoms with Crippen molar-refractivity contribution in [2.45, 2.75) is 0 Å². The van der Waals surface area contributed by atoms with Crippen molar-refractivity contribution in [3.05, 3.63) is 52.2 Å². The zero-order valence-corrected chi connectivity index (χ0v) is 12.0. The van der Waals surface area contributed by atoms with E-state index in [4.69, 9.17) is 9.47 Å². The summed E-state index contributed by atoms with van der Waals surface area (Å²) >= 11 is 0. The Balaban J connectivity index is 2.07. The molecule has 0 unspecified atom stereocenters. The summed E-state index contributed by atoms with van der Waals surface area (Å²) in [6.45, 7) is 0. The summed E-state index contributed by atoms with van der Waals surface area (Å²) in [5.74, 6) is 1.69. The van der Waals surface area contributed by atoms with Gasteiger partial charge in [0.2, 0.25) is 0 Å². The third-order valence-electron chi connectivity index (χ3n) is 2.78. The van der Waals surface area contributed by atoms with Gasteiger partial charge in [0.1, 0.15) is 23.5 Å². The summed E-state index contributed by atoms with van der Waals surface area (Å²) in [4.78, 5) is 13.9. The minimum atomic E-state index is -0.512. The molecule has 0 aliphatic carbocycles. The van der Waals surface area contributed by atoms with Crippen molar-refractivity contribution in [3.63, 3.8) is 0 Å². The van der Waals surface area contributed by atoms with Crippen LogP contribution in [0.2, 0.25) is 0 Å². The largest absolute Gasteiger partial charge is 0.497 e. The Kier molecular flexibility index (Phi) is 4.86. The Morgan fingerprint density at radius 3 is 2.68 bits per heavy atom. The van der Waals surface area contributed by atoms with Gasteiger partial charge < -0.3 is 9.47 Å². The Morgan fingerprint density at radius 2 is 2.09 bits per heavy atom. The molecular formula is C14H14N4O4. The molecule has 2 rings (SSSR count). The number of benzene rings is 1. The van der Waals surface area contributed by atoms with Gasteiger partial charge >= 0.3 is 0 Å². The number of methoxy groups -OCH3 is 2. The second-order valence-electron chi connectivity index (χ2n) is 4.14. The summed E-state index contributed by atoms with van der Waals surface area (Å²) < 4.78 is 10.4. The van der Waals surface area contributed by atoms with E-state index in [9.17, 15) is 10.1 Å². The molecule has 0 atom stereocenters. The Labute approximate surface area is 126 Å². The highest BCUT2D eigenvalue weighted by atomic mass is 16.6. The van der Waals surface area contributed by atoms with Crippen LogP contribution in [0.1, 0.15) is 5.56 Å². The van der Waals surface area contributed by atoms with Gasteiger partial charge in [-0.25, -0.2) is 4.98 Å². The molecule has 1 aromatic carbocycles. The molecule has 8 nitrogen and oxygen atoms in total. The first-order valence-electron chi connectivity index (χ1n) is 6.25. The van der Waals surface area contributed by atoms with Crippen LogP contribution in [0.4, 0.5) is 11.5 Å². The maximum absolute atomic E-state index is 10.5. The van der Waals surface area contributed by atoms with Crippen LogP contribution in [0.15, 0.2) is 41.6 Å². The monoisotopic (exact) mass is 302 g/mol. The zero-order valence-electron chi connectivity index (χ0n) is 12.0. The number of hydrazone groups is 1. The van der Waals surface area contributed by atoms with Crippen molar-refractivity contribution >= 4 is 17.7 Å². The van der Waals surface area contributed by atoms with Gasteiger partial charge in [0.25, 0.3) is 5.69 Å². The van der Waals surface area contributed by atoms with Gasteiger partial charge in [0.05, 0.1) is 25.4 Å². The predicted molar refractivity (Wildman–Crippen MR) is 81.7 cm³/mol. The number of aromatic nitrogens is 1. The third-order valence-corrected chi connectivity index (χ3v) is 2.78. The fourth-order valence-electron chi connectivity index (χ4n) is 1.65. The van der Waals surface area contributed by atoms with E-state index in [0.29, 0.717) is 17.3 Å². The van der Waals surface area contributed by atoms with Gasteiger partial charge in [-0.2, -0.15) is 5.10 Å². The van der Waals surface area contributed by atoms with Gasteiger partial charge in [-0.15, -0.1) is 0 Å². The van der Waals surface area contributed by atoms with E-state index < -0.39 is 4.92 Å². The summed E-state index contributed by atoms with van der Waals surface area (Å²) in [5, 5.41) is 14.5. The highest BCUT2D eigenvalue weighted by Crippen LogP contribution is 2.23. The molecule has 1 N–H and O–H groups in total. The number of anilines is 1. The summed E-state index contributed by atoms with van der Waals surface area (Å²) in [5.41, 5.74) is 3.36. The lowest BCUT2D eigenvalue weighted by Crippen LogP contribution is -1.97. The van der Waals surface area contributed by atoms with E-state index in [1.54, 1.807) is 38.6 Å². The molecule has 0 spiro atoms. The smallest absolute Gasteiger partial charge is 0.287 e. The van der Waals surface area contributed by atoms with E-state index in [2.05, 4.69) is 15.5 Å². The molecule has 0 fully saturated rings. The van der Waals surface area contributed by atoms with Crippen LogP contribution < -0.4 is 14.9 Å². The maximum Gasteiger partial charge on any atom is 0.287 e. The number of rotatable bonds is 6. The van der Waals surface area contributed by atoms with Crippen LogP contribution in [0.5, 0.6) is 11.5 Å². The highest BCUT2D eigenvalue weighted by molar-refractivity contribution is 5.84. The average Bonchev–Trinajstić information content (AvgIpc) is 2.55. The van der Waals surface area contributed by atoms with Gasteiger partial charge in [-0.3, -0.25) is 15.5 Å². The van der Waals surface area contributed by atoms with Crippen LogP contribution in [-0.2, 0) is 0 Å². The summed E-state index contributed by atoms with van der Waals surface area (Å²) in [6.07, 6.45) is 2.72. The third kappa shape index (κ3) is 3.69. The molecule has 114 valence electrons. The van der Waals surface area contributed by atoms with Crippen molar-refractivity contribution in [3.8, 4) is 11.5 Å². The van der Waals surface area contributed by atoms with Gasteiger partial charge in [-0.05, 0) is 18.2 Å². The summed E-state index contributed by atoms with van der Waals surface area (Å²) in [6, 6.07) is 8.14. The number of pyridine rings is 1. The molecule has 2 aromatic rings. The lowest BCUT2D eigenvalue weighted by atomic mass is 10.2. The second-order valence-corrected chi connectivity index (χ2v) is 4.14. The molecule has 22 heavy (non-hydrogen) atoms. The van der Waals surface area contributed by atoms with E-state index in [0.717, 1.165) is 11.8 Å². The lowest BCUT2D eigenvalue weighted by molar-refractivity contribution is -0.385. The fourth-order valence-corrected chi connectivity index (χ4v) is 1.65. The van der Waals surface area contributed by atoms with Crippen molar-refractivity contribution in [2.75, 3.05) is 19.6 Å². The minimum absolute atomic E-state index is 0.0775. The van der Waals surface area contributed by atoms with Crippen LogP contribution in [-0.4, -0.2) is 30.3 Å². The van der Waals surface area contributed by atoms with E-state index in [-0.39, 0.29) is 5.69 Å². The van der Waals surface area contributed by atoms with Crippen molar-refractivity contribution in [1.29, 1.82) is 0 Å². The average molecular weight is 302 g/mol. The van der Waals surface area contributed by atoms with Crippen molar-refractivity contribution < 1.29 is 14.4 Å². The number of hydrogen-bond donors (Lipinski definition) is 1. The molecule has 8 heteroatoms. The molecule has 0 radical (unpaired) electrons. The molecular weight excluding hydrogens is 288 g/mol. The molecule has 0 aliphatic rings. The lowest BCUT2D eigenvalue weighted by Gasteiger charge is -2.06. The van der Waals surface area contributed by atoms with Crippen LogP contribution in [0.3, 0.4) is 0 Å². The molecule has 0 aliphatic heterocycles. The molecule has 1 aromatic heterocycles. The molecule has 0 amide bonds. The molecule has 0 saturated carbocycles. The van der Waals surface area contributed by atoms with Gasteiger partial charge in [0, 0.05) is 17.7 Å². The van der Waals surface area contributed by atoms with Gasteiger partial charge in [-0.1, -0.05) is 0 Å². The first-order valence-corrected chi connectivity index (χ1v) is 6.25. The topological polar surface area (TPSA) is 98.9 Å². The van der Waals surface area contributed by atoms with Crippen LogP contribution in [0.25, 0.3) is 0 Å². The Hall–Kier alpha value is -3.16. The normalized spacial score (nSPS) is 10.5. The first kappa shape index (κ1) is 15.2. The van der Waals surface area contributed by atoms with Crippen LogP contribution >= 0.6 is 0 Å². The molecule has 1 heterocycles. The number of nitrogens with zero attached hydrogens (tertiary/aromatic N) is 3. The van der Waals surface area contributed by atoms with E-state index >= 15 is 0 Å². The number of ether oxygens (including phenoxy) is 2. The number of hydrogen-bond acceptors (Lipinski definition) is 7. The Morgan fingerprint density at radius 1 is 1.27 bits per heavy atom. The highest BCUT2D eigenvalue weighted by Gasteiger charge is 2.05. The Bertz CT molecular complexity index is 686. The minimum Gasteiger partial charge on any atom is -0.497 e. The molecule has 0 bridgehead atoms. The predicted octanol–water partition coefficient (Wildman–Crippen LogP) is 2.45. The van der Waals surface area contributed by atoms with Crippen molar-refractivity contribution in [2.24, 2.45) is 5.10 Å².